The van der Waals surface area contributed by atoms with Crippen molar-refractivity contribution in [2.45, 2.75) is 32.4 Å². The number of esters is 1. The summed E-state index contributed by atoms with van der Waals surface area (Å²) in [5.41, 5.74) is 0.939. The van der Waals surface area contributed by atoms with Gasteiger partial charge in [-0.15, -0.1) is 0 Å². The molecule has 17 heavy (non-hydrogen) atoms. The minimum atomic E-state index is -0.333. The molecule has 1 unspecified atom stereocenters. The molecule has 94 valence electrons. The zero-order valence-electron chi connectivity index (χ0n) is 10.4. The van der Waals surface area contributed by atoms with Crippen molar-refractivity contribution in [2.75, 3.05) is 7.11 Å². The first-order valence-electron chi connectivity index (χ1n) is 5.67. The molecule has 2 atom stereocenters. The summed E-state index contributed by atoms with van der Waals surface area (Å²) in [6.45, 7) is 3.84. The van der Waals surface area contributed by atoms with Gasteiger partial charge in [0.1, 0.15) is 11.9 Å². The molecule has 0 fully saturated rings. The number of carbonyl (C=O) groups is 1. The zero-order chi connectivity index (χ0) is 12.8. The average Bonchev–Trinajstić information content (AvgIpc) is 2.35. The summed E-state index contributed by atoms with van der Waals surface area (Å²) in [4.78, 5) is 11.4. The van der Waals surface area contributed by atoms with Gasteiger partial charge in [-0.2, -0.15) is 0 Å². The van der Waals surface area contributed by atoms with Crippen LogP contribution in [0.15, 0.2) is 24.3 Å². The van der Waals surface area contributed by atoms with Gasteiger partial charge in [0.25, 0.3) is 0 Å². The van der Waals surface area contributed by atoms with E-state index in [0.29, 0.717) is 6.42 Å². The number of hydrogen-bond donors (Lipinski definition) is 1. The molecule has 0 heterocycles. The van der Waals surface area contributed by atoms with Crippen molar-refractivity contribution < 1.29 is 13.9 Å². The molecular formula is C13H18FNO2. The van der Waals surface area contributed by atoms with E-state index in [9.17, 15) is 9.18 Å². The maximum atomic E-state index is 12.8. The predicted octanol–water partition coefficient (Wildman–Crippen LogP) is 2.43. The van der Waals surface area contributed by atoms with Gasteiger partial charge in [-0.1, -0.05) is 19.1 Å². The lowest BCUT2D eigenvalue weighted by Gasteiger charge is -2.20. The molecule has 1 rings (SSSR count). The Bertz CT molecular complexity index is 364. The molecule has 0 aliphatic carbocycles. The van der Waals surface area contributed by atoms with Gasteiger partial charge in [-0.3, -0.25) is 10.1 Å². The second-order valence-electron chi connectivity index (χ2n) is 3.92. The van der Waals surface area contributed by atoms with Gasteiger partial charge in [-0.05, 0) is 31.0 Å². The molecule has 0 saturated heterocycles. The Balaban J connectivity index is 2.67. The maximum Gasteiger partial charge on any atom is 0.322 e. The molecule has 1 aromatic carbocycles. The van der Waals surface area contributed by atoms with Crippen LogP contribution in [0, 0.1) is 5.82 Å². The van der Waals surface area contributed by atoms with Gasteiger partial charge in [-0.25, -0.2) is 4.39 Å². The largest absolute Gasteiger partial charge is 0.468 e. The topological polar surface area (TPSA) is 38.3 Å². The summed E-state index contributed by atoms with van der Waals surface area (Å²) in [5.74, 6) is -0.539. The van der Waals surface area contributed by atoms with Crippen molar-refractivity contribution >= 4 is 5.97 Å². The van der Waals surface area contributed by atoms with Crippen LogP contribution in [0.2, 0.25) is 0 Å². The second kappa shape index (κ2) is 6.35. The highest BCUT2D eigenvalue weighted by Gasteiger charge is 2.19. The number of ether oxygens (including phenoxy) is 1. The molecule has 0 amide bonds. The quantitative estimate of drug-likeness (QED) is 0.802. The molecule has 3 nitrogen and oxygen atoms in total. The summed E-state index contributed by atoms with van der Waals surface area (Å²) < 4.78 is 17.5. The number of benzene rings is 1. The van der Waals surface area contributed by atoms with Gasteiger partial charge in [0.2, 0.25) is 0 Å². The van der Waals surface area contributed by atoms with E-state index in [2.05, 4.69) is 5.32 Å². The van der Waals surface area contributed by atoms with E-state index in [1.165, 1.54) is 19.2 Å². The smallest absolute Gasteiger partial charge is 0.322 e. The van der Waals surface area contributed by atoms with Gasteiger partial charge in [0.15, 0.2) is 0 Å². The monoisotopic (exact) mass is 239 g/mol. The molecule has 0 aromatic heterocycles. The minimum Gasteiger partial charge on any atom is -0.468 e. The van der Waals surface area contributed by atoms with Crippen molar-refractivity contribution in [2.24, 2.45) is 0 Å². The molecule has 0 bridgehead atoms. The Morgan fingerprint density at radius 3 is 2.47 bits per heavy atom. The number of carbonyl (C=O) groups excluding carboxylic acids is 1. The third kappa shape index (κ3) is 3.82. The van der Waals surface area contributed by atoms with E-state index in [-0.39, 0.29) is 23.9 Å². The van der Waals surface area contributed by atoms with Crippen LogP contribution in [0.3, 0.4) is 0 Å². The Hall–Kier alpha value is -1.42. The van der Waals surface area contributed by atoms with Crippen molar-refractivity contribution in [3.63, 3.8) is 0 Å². The van der Waals surface area contributed by atoms with Crippen LogP contribution in [0.4, 0.5) is 4.39 Å². The van der Waals surface area contributed by atoms with Crippen LogP contribution in [0.25, 0.3) is 0 Å². The zero-order valence-corrected chi connectivity index (χ0v) is 10.4. The highest BCUT2D eigenvalue weighted by atomic mass is 19.1. The first kappa shape index (κ1) is 13.6. The van der Waals surface area contributed by atoms with Crippen LogP contribution in [0.1, 0.15) is 31.9 Å². The molecule has 4 heteroatoms. The van der Waals surface area contributed by atoms with E-state index < -0.39 is 0 Å². The lowest BCUT2D eigenvalue weighted by Crippen LogP contribution is -2.38. The minimum absolute atomic E-state index is 0.0281. The van der Waals surface area contributed by atoms with Crippen LogP contribution in [0.5, 0.6) is 0 Å². The molecule has 0 aliphatic heterocycles. The van der Waals surface area contributed by atoms with Gasteiger partial charge < -0.3 is 4.74 Å². The lowest BCUT2D eigenvalue weighted by molar-refractivity contribution is -0.143. The standard InChI is InChI=1S/C13H18FNO2/c1-4-12(13(16)17-3)15-9(2)10-5-7-11(14)8-6-10/h5-9,12,15H,4H2,1-3H3/t9-,12?/m0/s1. The highest BCUT2D eigenvalue weighted by molar-refractivity contribution is 5.75. The Morgan fingerprint density at radius 1 is 1.41 bits per heavy atom. The van der Waals surface area contributed by atoms with Gasteiger partial charge >= 0.3 is 5.97 Å². The van der Waals surface area contributed by atoms with E-state index >= 15 is 0 Å². The number of rotatable bonds is 5. The summed E-state index contributed by atoms with van der Waals surface area (Å²) in [7, 11) is 1.37. The Labute approximate surface area is 101 Å². The van der Waals surface area contributed by atoms with E-state index in [1.54, 1.807) is 12.1 Å². The summed E-state index contributed by atoms with van der Waals surface area (Å²) in [6.07, 6.45) is 0.651. The van der Waals surface area contributed by atoms with Crippen LogP contribution >= 0.6 is 0 Å². The van der Waals surface area contributed by atoms with E-state index in [0.717, 1.165) is 5.56 Å². The maximum absolute atomic E-state index is 12.8. The molecule has 0 radical (unpaired) electrons. The number of halogens is 1. The number of methoxy groups -OCH3 is 1. The van der Waals surface area contributed by atoms with Crippen molar-refractivity contribution in [3.8, 4) is 0 Å². The fraction of sp³-hybridized carbons (Fsp3) is 0.462. The average molecular weight is 239 g/mol. The lowest BCUT2D eigenvalue weighted by atomic mass is 10.1. The van der Waals surface area contributed by atoms with Crippen molar-refractivity contribution in [3.05, 3.63) is 35.6 Å². The van der Waals surface area contributed by atoms with Crippen LogP contribution in [-0.4, -0.2) is 19.1 Å². The summed E-state index contributed by atoms with van der Waals surface area (Å²) >= 11 is 0. The molecule has 0 saturated carbocycles. The Morgan fingerprint density at radius 2 is 2.00 bits per heavy atom. The molecule has 1 aromatic rings. The first-order valence-corrected chi connectivity index (χ1v) is 5.67. The third-order valence-electron chi connectivity index (χ3n) is 2.72. The van der Waals surface area contributed by atoms with Crippen LogP contribution in [-0.2, 0) is 9.53 Å². The van der Waals surface area contributed by atoms with E-state index in [4.69, 9.17) is 4.74 Å². The SMILES string of the molecule is CCC(N[C@@H](C)c1ccc(F)cc1)C(=O)OC. The van der Waals surface area contributed by atoms with Crippen molar-refractivity contribution in [1.29, 1.82) is 0 Å². The molecule has 1 N–H and O–H groups in total. The van der Waals surface area contributed by atoms with E-state index in [1.807, 2.05) is 13.8 Å². The second-order valence-corrected chi connectivity index (χ2v) is 3.92. The van der Waals surface area contributed by atoms with Gasteiger partial charge in [0.05, 0.1) is 7.11 Å². The molecule has 0 spiro atoms. The number of nitrogens with one attached hydrogen (secondary N) is 1. The highest BCUT2D eigenvalue weighted by Crippen LogP contribution is 2.14. The number of hydrogen-bond acceptors (Lipinski definition) is 3. The normalized spacial score (nSPS) is 14.1. The van der Waals surface area contributed by atoms with Gasteiger partial charge in [0, 0.05) is 6.04 Å². The molecular weight excluding hydrogens is 221 g/mol. The van der Waals surface area contributed by atoms with Crippen molar-refractivity contribution in [1.82, 2.24) is 5.32 Å². The fourth-order valence-electron chi connectivity index (χ4n) is 1.64. The summed E-state index contributed by atoms with van der Waals surface area (Å²) in [5, 5.41) is 3.16. The van der Waals surface area contributed by atoms with Crippen LogP contribution < -0.4 is 5.32 Å². The predicted molar refractivity (Wildman–Crippen MR) is 64.0 cm³/mol. The fourth-order valence-corrected chi connectivity index (χ4v) is 1.64. The first-order chi connectivity index (χ1) is 8.08. The third-order valence-corrected chi connectivity index (χ3v) is 2.72. The molecule has 0 aliphatic rings. The Kier molecular flexibility index (Phi) is 5.10. The summed E-state index contributed by atoms with van der Waals surface area (Å²) in [6, 6.07) is 5.87.